The highest BCUT2D eigenvalue weighted by molar-refractivity contribution is 4.86. The van der Waals surface area contributed by atoms with Crippen molar-refractivity contribution >= 4 is 0 Å². The SMILES string of the molecule is CC1COC(C)(CC2CCNCC2)N1. The highest BCUT2D eigenvalue weighted by Gasteiger charge is 2.35. The molecule has 14 heavy (non-hydrogen) atoms. The van der Waals surface area contributed by atoms with E-state index in [0.29, 0.717) is 6.04 Å². The van der Waals surface area contributed by atoms with Crippen molar-refractivity contribution in [1.82, 2.24) is 10.6 Å². The van der Waals surface area contributed by atoms with E-state index < -0.39 is 0 Å². The molecule has 0 bridgehead atoms. The molecule has 0 radical (unpaired) electrons. The van der Waals surface area contributed by atoms with Crippen molar-refractivity contribution in [3.05, 3.63) is 0 Å². The Morgan fingerprint density at radius 1 is 1.36 bits per heavy atom. The Hall–Kier alpha value is -0.120. The third kappa shape index (κ3) is 2.47. The summed E-state index contributed by atoms with van der Waals surface area (Å²) in [6.07, 6.45) is 3.77. The van der Waals surface area contributed by atoms with Crippen LogP contribution >= 0.6 is 0 Å². The second kappa shape index (κ2) is 4.17. The molecule has 2 aliphatic rings. The van der Waals surface area contributed by atoms with Gasteiger partial charge in [-0.2, -0.15) is 0 Å². The van der Waals surface area contributed by atoms with E-state index in [0.717, 1.165) is 12.5 Å². The summed E-state index contributed by atoms with van der Waals surface area (Å²) in [5, 5.41) is 6.93. The van der Waals surface area contributed by atoms with Crippen molar-refractivity contribution < 1.29 is 4.74 Å². The van der Waals surface area contributed by atoms with Crippen LogP contribution in [0.25, 0.3) is 0 Å². The maximum atomic E-state index is 5.82. The van der Waals surface area contributed by atoms with Gasteiger partial charge in [-0.15, -0.1) is 0 Å². The third-order valence-corrected chi connectivity index (χ3v) is 3.34. The van der Waals surface area contributed by atoms with E-state index in [1.54, 1.807) is 0 Å². The molecule has 0 aromatic carbocycles. The highest BCUT2D eigenvalue weighted by Crippen LogP contribution is 2.28. The summed E-state index contributed by atoms with van der Waals surface area (Å²) in [6, 6.07) is 0.515. The Morgan fingerprint density at radius 2 is 2.07 bits per heavy atom. The lowest BCUT2D eigenvalue weighted by atomic mass is 9.90. The van der Waals surface area contributed by atoms with Crippen molar-refractivity contribution in [2.75, 3.05) is 19.7 Å². The molecule has 0 aromatic heterocycles. The lowest BCUT2D eigenvalue weighted by molar-refractivity contribution is -0.0166. The van der Waals surface area contributed by atoms with Crippen LogP contribution in [0.5, 0.6) is 0 Å². The number of nitrogens with one attached hydrogen (secondary N) is 2. The zero-order valence-corrected chi connectivity index (χ0v) is 9.31. The third-order valence-electron chi connectivity index (χ3n) is 3.34. The molecule has 3 nitrogen and oxygen atoms in total. The van der Waals surface area contributed by atoms with Crippen LogP contribution in [0.4, 0.5) is 0 Å². The number of ether oxygens (including phenoxy) is 1. The summed E-state index contributed by atoms with van der Waals surface area (Å²) in [4.78, 5) is 0. The number of piperidine rings is 1. The minimum absolute atomic E-state index is 0.0541. The van der Waals surface area contributed by atoms with Crippen molar-refractivity contribution in [3.8, 4) is 0 Å². The van der Waals surface area contributed by atoms with Gasteiger partial charge in [0.2, 0.25) is 0 Å². The van der Waals surface area contributed by atoms with Crippen LogP contribution in [0.2, 0.25) is 0 Å². The first-order valence-corrected chi connectivity index (χ1v) is 5.80. The molecule has 0 spiro atoms. The van der Waals surface area contributed by atoms with Crippen LogP contribution < -0.4 is 10.6 Å². The van der Waals surface area contributed by atoms with Crippen molar-refractivity contribution in [1.29, 1.82) is 0 Å². The van der Waals surface area contributed by atoms with Gasteiger partial charge in [0, 0.05) is 6.04 Å². The summed E-state index contributed by atoms with van der Waals surface area (Å²) in [6.45, 7) is 7.60. The fraction of sp³-hybridized carbons (Fsp3) is 1.00. The van der Waals surface area contributed by atoms with Crippen LogP contribution in [0, 0.1) is 5.92 Å². The Bertz CT molecular complexity index is 192. The largest absolute Gasteiger partial charge is 0.359 e. The van der Waals surface area contributed by atoms with Crippen LogP contribution in [-0.4, -0.2) is 31.5 Å². The first-order valence-electron chi connectivity index (χ1n) is 5.80. The van der Waals surface area contributed by atoms with Gasteiger partial charge in [0.05, 0.1) is 6.61 Å². The molecule has 2 fully saturated rings. The maximum Gasteiger partial charge on any atom is 0.117 e. The van der Waals surface area contributed by atoms with Gasteiger partial charge >= 0.3 is 0 Å². The zero-order valence-electron chi connectivity index (χ0n) is 9.31. The summed E-state index contributed by atoms with van der Waals surface area (Å²) in [7, 11) is 0. The fourth-order valence-electron chi connectivity index (χ4n) is 2.67. The van der Waals surface area contributed by atoms with Gasteiger partial charge in [0.15, 0.2) is 0 Å². The van der Waals surface area contributed by atoms with Gasteiger partial charge in [0.25, 0.3) is 0 Å². The van der Waals surface area contributed by atoms with E-state index in [-0.39, 0.29) is 5.72 Å². The average molecular weight is 198 g/mol. The number of rotatable bonds is 2. The molecule has 2 atom stereocenters. The van der Waals surface area contributed by atoms with Crippen molar-refractivity contribution in [2.45, 2.75) is 44.9 Å². The lowest BCUT2D eigenvalue weighted by Gasteiger charge is -2.31. The van der Waals surface area contributed by atoms with Crippen molar-refractivity contribution in [2.24, 2.45) is 5.92 Å². The minimum atomic E-state index is -0.0541. The zero-order chi connectivity index (χ0) is 10.0. The Morgan fingerprint density at radius 3 is 2.64 bits per heavy atom. The van der Waals surface area contributed by atoms with E-state index >= 15 is 0 Å². The fourth-order valence-corrected chi connectivity index (χ4v) is 2.67. The smallest absolute Gasteiger partial charge is 0.117 e. The van der Waals surface area contributed by atoms with E-state index in [1.165, 1.54) is 32.4 Å². The van der Waals surface area contributed by atoms with Gasteiger partial charge in [-0.25, -0.2) is 0 Å². The quantitative estimate of drug-likeness (QED) is 0.697. The highest BCUT2D eigenvalue weighted by atomic mass is 16.5. The molecule has 2 saturated heterocycles. The normalized spacial score (nSPS) is 40.3. The van der Waals surface area contributed by atoms with Gasteiger partial charge in [-0.1, -0.05) is 0 Å². The predicted molar refractivity (Wildman–Crippen MR) is 57.2 cm³/mol. The standard InChI is InChI=1S/C11H22N2O/c1-9-8-14-11(2,13-9)7-10-3-5-12-6-4-10/h9-10,12-13H,3-8H2,1-2H3. The predicted octanol–water partition coefficient (Wildman–Crippen LogP) is 1.10. The number of hydrogen-bond acceptors (Lipinski definition) is 3. The molecule has 2 heterocycles. The molecule has 3 heteroatoms. The molecule has 2 rings (SSSR count). The minimum Gasteiger partial charge on any atom is -0.359 e. The Balaban J connectivity index is 1.83. The number of hydrogen-bond donors (Lipinski definition) is 2. The van der Waals surface area contributed by atoms with Gasteiger partial charge in [-0.05, 0) is 52.1 Å². The Kier molecular flexibility index (Phi) is 3.10. The van der Waals surface area contributed by atoms with Gasteiger partial charge in [0.1, 0.15) is 5.72 Å². The molecular weight excluding hydrogens is 176 g/mol. The van der Waals surface area contributed by atoms with Crippen LogP contribution in [0.1, 0.15) is 33.1 Å². The van der Waals surface area contributed by atoms with Gasteiger partial charge < -0.3 is 10.1 Å². The molecular formula is C11H22N2O. The lowest BCUT2D eigenvalue weighted by Crippen LogP contribution is -2.43. The van der Waals surface area contributed by atoms with Crippen LogP contribution in [-0.2, 0) is 4.74 Å². The summed E-state index contributed by atoms with van der Waals surface area (Å²) >= 11 is 0. The molecule has 2 unspecified atom stereocenters. The molecule has 0 aromatic rings. The second-order valence-corrected chi connectivity index (χ2v) is 4.98. The summed E-state index contributed by atoms with van der Waals surface area (Å²) < 4.78 is 5.82. The Labute approximate surface area is 86.6 Å². The molecule has 2 N–H and O–H groups in total. The van der Waals surface area contributed by atoms with Crippen LogP contribution in [0.3, 0.4) is 0 Å². The maximum absolute atomic E-state index is 5.82. The molecule has 2 aliphatic heterocycles. The van der Waals surface area contributed by atoms with Gasteiger partial charge in [-0.3, -0.25) is 5.32 Å². The van der Waals surface area contributed by atoms with Crippen molar-refractivity contribution in [3.63, 3.8) is 0 Å². The average Bonchev–Trinajstić information content (AvgIpc) is 2.47. The second-order valence-electron chi connectivity index (χ2n) is 4.98. The monoisotopic (exact) mass is 198 g/mol. The van der Waals surface area contributed by atoms with Crippen LogP contribution in [0.15, 0.2) is 0 Å². The molecule has 0 aliphatic carbocycles. The summed E-state index contributed by atoms with van der Waals surface area (Å²) in [5.41, 5.74) is -0.0541. The first-order chi connectivity index (χ1) is 6.68. The molecule has 0 saturated carbocycles. The topological polar surface area (TPSA) is 33.3 Å². The molecule has 0 amide bonds. The summed E-state index contributed by atoms with van der Waals surface area (Å²) in [5.74, 6) is 0.832. The van der Waals surface area contributed by atoms with E-state index in [4.69, 9.17) is 4.74 Å². The molecule has 82 valence electrons. The van der Waals surface area contributed by atoms with E-state index in [1.807, 2.05) is 0 Å². The first kappa shape index (κ1) is 10.4. The van der Waals surface area contributed by atoms with E-state index in [9.17, 15) is 0 Å². The van der Waals surface area contributed by atoms with E-state index in [2.05, 4.69) is 24.5 Å².